The highest BCUT2D eigenvalue weighted by atomic mass is 35.5. The number of hydrogen-bond donors (Lipinski definition) is 0. The molecule has 5 nitrogen and oxygen atoms in total. The van der Waals surface area contributed by atoms with Crippen molar-refractivity contribution >= 4 is 23.2 Å². The van der Waals surface area contributed by atoms with E-state index in [9.17, 15) is 0 Å². The van der Waals surface area contributed by atoms with Gasteiger partial charge in [-0.05, 0) is 78.8 Å². The Labute approximate surface area is 250 Å². The summed E-state index contributed by atoms with van der Waals surface area (Å²) in [6.45, 7) is 8.39. The molecule has 0 saturated heterocycles. The molecule has 40 heavy (non-hydrogen) atoms. The quantitative estimate of drug-likeness (QED) is 0.217. The molecule has 216 valence electrons. The minimum absolute atomic E-state index is 0.646. The lowest BCUT2D eigenvalue weighted by molar-refractivity contribution is 0.324. The SMILES string of the molecule is CCc1cc(OC)c(OC)c(OC)c1.CCc1ccc(Cl)cc1.CCc1cccc(Cl)c1.CCc1cnccn1. The minimum Gasteiger partial charge on any atom is -0.493 e. The molecule has 0 fully saturated rings. The van der Waals surface area contributed by atoms with Gasteiger partial charge in [-0.1, -0.05) is 75.2 Å². The molecule has 0 aliphatic heterocycles. The van der Waals surface area contributed by atoms with Crippen molar-refractivity contribution in [3.05, 3.63) is 112 Å². The van der Waals surface area contributed by atoms with Gasteiger partial charge in [-0.15, -0.1) is 0 Å². The average molecular weight is 586 g/mol. The fraction of sp³-hybridized carbons (Fsp3) is 0.333. The number of halogens is 2. The average Bonchev–Trinajstić information content (AvgIpc) is 3.01. The Bertz CT molecular complexity index is 1200. The Morgan fingerprint density at radius 3 is 1.57 bits per heavy atom. The van der Waals surface area contributed by atoms with Crippen LogP contribution >= 0.6 is 23.2 Å². The van der Waals surface area contributed by atoms with E-state index in [4.69, 9.17) is 37.4 Å². The number of aromatic nitrogens is 2. The fourth-order valence-electron chi connectivity index (χ4n) is 3.33. The molecule has 0 atom stereocenters. The summed E-state index contributed by atoms with van der Waals surface area (Å²) in [5, 5.41) is 1.64. The first-order valence-corrected chi connectivity index (χ1v) is 14.1. The van der Waals surface area contributed by atoms with Gasteiger partial charge < -0.3 is 14.2 Å². The summed E-state index contributed by atoms with van der Waals surface area (Å²) in [5.41, 5.74) is 4.84. The molecular weight excluding hydrogens is 543 g/mol. The zero-order valence-electron chi connectivity index (χ0n) is 24.7. The maximum absolute atomic E-state index is 5.72. The highest BCUT2D eigenvalue weighted by molar-refractivity contribution is 6.30. The monoisotopic (exact) mass is 584 g/mol. The van der Waals surface area contributed by atoms with E-state index < -0.39 is 0 Å². The van der Waals surface area contributed by atoms with E-state index in [2.05, 4.69) is 43.7 Å². The summed E-state index contributed by atoms with van der Waals surface area (Å²) in [7, 11) is 4.85. The molecule has 0 saturated carbocycles. The third kappa shape index (κ3) is 13.2. The first kappa shape index (κ1) is 34.7. The van der Waals surface area contributed by atoms with Crippen molar-refractivity contribution in [2.24, 2.45) is 0 Å². The Hall–Kier alpha value is -3.28. The molecule has 3 aromatic carbocycles. The Morgan fingerprint density at radius 1 is 0.600 bits per heavy atom. The molecule has 0 aliphatic carbocycles. The second-order valence-corrected chi connectivity index (χ2v) is 9.27. The predicted molar refractivity (Wildman–Crippen MR) is 169 cm³/mol. The van der Waals surface area contributed by atoms with Crippen LogP contribution in [-0.2, 0) is 25.7 Å². The van der Waals surface area contributed by atoms with Gasteiger partial charge in [-0.25, -0.2) is 0 Å². The molecule has 4 aromatic rings. The van der Waals surface area contributed by atoms with E-state index in [1.165, 1.54) is 16.7 Å². The zero-order chi connectivity index (χ0) is 29.8. The normalized spacial score (nSPS) is 9.53. The van der Waals surface area contributed by atoms with Gasteiger partial charge in [-0.2, -0.15) is 0 Å². The van der Waals surface area contributed by atoms with Gasteiger partial charge >= 0.3 is 0 Å². The van der Waals surface area contributed by atoms with Crippen molar-refractivity contribution in [3.63, 3.8) is 0 Å². The lowest BCUT2D eigenvalue weighted by Crippen LogP contribution is -1.96. The highest BCUT2D eigenvalue weighted by Crippen LogP contribution is 2.38. The topological polar surface area (TPSA) is 53.5 Å². The van der Waals surface area contributed by atoms with E-state index in [1.807, 2.05) is 54.6 Å². The van der Waals surface area contributed by atoms with Crippen LogP contribution in [0.5, 0.6) is 17.2 Å². The summed E-state index contributed by atoms with van der Waals surface area (Å²) in [5.74, 6) is 2.07. The van der Waals surface area contributed by atoms with Crippen LogP contribution in [0.2, 0.25) is 10.0 Å². The Kier molecular flexibility index (Phi) is 17.9. The highest BCUT2D eigenvalue weighted by Gasteiger charge is 2.11. The van der Waals surface area contributed by atoms with E-state index >= 15 is 0 Å². The van der Waals surface area contributed by atoms with Gasteiger partial charge in [-0.3, -0.25) is 9.97 Å². The van der Waals surface area contributed by atoms with E-state index in [0.717, 1.165) is 41.4 Å². The maximum atomic E-state index is 5.72. The standard InChI is InChI=1S/C11H16O3.2C8H9Cl.C6H8N2/c1-5-8-6-9(12-2)11(14-4)10(7-8)13-3;1-2-7-3-5-8(9)6-4-7;1-2-7-4-3-5-8(9)6-7;1-2-6-5-7-3-4-8-6/h6-7H,5H2,1-4H3;2*3-6H,2H2,1H3;3-5H,2H2,1H3. The molecule has 4 rings (SSSR count). The number of ether oxygens (including phenoxy) is 3. The van der Waals surface area contributed by atoms with Gasteiger partial charge in [0.15, 0.2) is 11.5 Å². The van der Waals surface area contributed by atoms with Crippen LogP contribution in [0.1, 0.15) is 50.1 Å². The summed E-state index contributed by atoms with van der Waals surface area (Å²) in [6.07, 6.45) is 9.21. The van der Waals surface area contributed by atoms with Crippen LogP contribution in [0.15, 0.2) is 79.3 Å². The molecule has 0 N–H and O–H groups in total. The van der Waals surface area contributed by atoms with E-state index in [-0.39, 0.29) is 0 Å². The molecule has 0 aliphatic rings. The fourth-order valence-corrected chi connectivity index (χ4v) is 3.67. The molecule has 0 spiro atoms. The molecule has 1 heterocycles. The van der Waals surface area contributed by atoms with E-state index in [0.29, 0.717) is 17.2 Å². The number of methoxy groups -OCH3 is 3. The maximum Gasteiger partial charge on any atom is 0.203 e. The molecule has 0 radical (unpaired) electrons. The van der Waals surface area contributed by atoms with Crippen molar-refractivity contribution < 1.29 is 14.2 Å². The lowest BCUT2D eigenvalue weighted by atomic mass is 10.1. The number of aryl methyl sites for hydroxylation is 4. The van der Waals surface area contributed by atoms with Gasteiger partial charge in [0.05, 0.1) is 27.0 Å². The Balaban J connectivity index is 0.000000274. The largest absolute Gasteiger partial charge is 0.493 e. The third-order valence-corrected chi connectivity index (χ3v) is 6.22. The smallest absolute Gasteiger partial charge is 0.203 e. The van der Waals surface area contributed by atoms with Gasteiger partial charge in [0.1, 0.15) is 0 Å². The van der Waals surface area contributed by atoms with Crippen LogP contribution in [-0.4, -0.2) is 31.3 Å². The summed E-state index contributed by atoms with van der Waals surface area (Å²) >= 11 is 11.4. The first-order chi connectivity index (χ1) is 19.3. The van der Waals surface area contributed by atoms with Crippen molar-refractivity contribution in [1.82, 2.24) is 9.97 Å². The molecule has 0 unspecified atom stereocenters. The molecule has 0 amide bonds. The second-order valence-electron chi connectivity index (χ2n) is 8.40. The summed E-state index contributed by atoms with van der Waals surface area (Å²) in [6, 6.07) is 19.8. The molecule has 0 bridgehead atoms. The number of rotatable bonds is 7. The minimum atomic E-state index is 0.646. The first-order valence-electron chi connectivity index (χ1n) is 13.4. The van der Waals surface area contributed by atoms with Crippen LogP contribution in [0.25, 0.3) is 0 Å². The Morgan fingerprint density at radius 2 is 1.20 bits per heavy atom. The van der Waals surface area contributed by atoms with E-state index in [1.54, 1.807) is 39.9 Å². The summed E-state index contributed by atoms with van der Waals surface area (Å²) in [4.78, 5) is 7.93. The van der Waals surface area contributed by atoms with Gasteiger partial charge in [0.25, 0.3) is 0 Å². The van der Waals surface area contributed by atoms with Crippen molar-refractivity contribution in [1.29, 1.82) is 0 Å². The van der Waals surface area contributed by atoms with Crippen molar-refractivity contribution in [2.45, 2.75) is 53.4 Å². The predicted octanol–water partition coefficient (Wildman–Crippen LogP) is 9.12. The van der Waals surface area contributed by atoms with Gasteiger partial charge in [0.2, 0.25) is 5.75 Å². The lowest BCUT2D eigenvalue weighted by Gasteiger charge is -2.13. The van der Waals surface area contributed by atoms with Crippen molar-refractivity contribution in [2.75, 3.05) is 21.3 Å². The summed E-state index contributed by atoms with van der Waals surface area (Å²) < 4.78 is 15.6. The number of benzene rings is 3. The molecule has 1 aromatic heterocycles. The third-order valence-electron chi connectivity index (χ3n) is 5.73. The van der Waals surface area contributed by atoms with Gasteiger partial charge in [0, 0.05) is 28.6 Å². The second kappa shape index (κ2) is 20.6. The number of hydrogen-bond acceptors (Lipinski definition) is 5. The molecule has 7 heteroatoms. The van der Waals surface area contributed by atoms with Crippen LogP contribution < -0.4 is 14.2 Å². The zero-order valence-corrected chi connectivity index (χ0v) is 26.2. The molecular formula is C33H42Cl2N2O3. The van der Waals surface area contributed by atoms with Crippen LogP contribution in [0, 0.1) is 0 Å². The van der Waals surface area contributed by atoms with Crippen LogP contribution in [0.3, 0.4) is 0 Å². The van der Waals surface area contributed by atoms with Crippen LogP contribution in [0.4, 0.5) is 0 Å². The van der Waals surface area contributed by atoms with Crippen molar-refractivity contribution in [3.8, 4) is 17.2 Å². The number of nitrogens with zero attached hydrogens (tertiary/aromatic N) is 2.